The minimum atomic E-state index is -0.357. The predicted molar refractivity (Wildman–Crippen MR) is 76.5 cm³/mol. The topological polar surface area (TPSA) is 65.0 Å². The quantitative estimate of drug-likeness (QED) is 0.278. The Hall–Kier alpha value is -1.91. The van der Waals surface area contributed by atoms with Crippen LogP contribution in [0.4, 0.5) is 0 Å². The maximum absolute atomic E-state index is 11.7. The number of ether oxygens (including phenoxy) is 1. The number of carbonyl (C=O) groups excluding carboxylic acids is 1. The zero-order valence-corrected chi connectivity index (χ0v) is 11.8. The lowest BCUT2D eigenvalue weighted by atomic mass is 10.1. The van der Waals surface area contributed by atoms with E-state index in [4.69, 9.17) is 4.74 Å². The van der Waals surface area contributed by atoms with Crippen LogP contribution in [0, 0.1) is 4.91 Å². The first-order valence-electron chi connectivity index (χ1n) is 7.04. The molecule has 1 aromatic carbocycles. The van der Waals surface area contributed by atoms with E-state index in [9.17, 15) is 9.70 Å². The van der Waals surface area contributed by atoms with Crippen LogP contribution in [-0.4, -0.2) is 12.6 Å². The van der Waals surface area contributed by atoms with Crippen LogP contribution in [-0.2, 0) is 4.74 Å². The number of hydrogen-bond donors (Lipinski definition) is 0. The van der Waals surface area contributed by atoms with Gasteiger partial charge in [-0.15, -0.1) is 4.91 Å². The summed E-state index contributed by atoms with van der Waals surface area (Å²) in [6, 6.07) is 6.10. The highest BCUT2D eigenvalue weighted by molar-refractivity contribution is 5.89. The molecular weight excluding hydrogens is 258 g/mol. The van der Waals surface area contributed by atoms with Crippen molar-refractivity contribution >= 4 is 5.97 Å². The molecule has 5 nitrogen and oxygen atoms in total. The molecule has 0 aromatic heterocycles. The van der Waals surface area contributed by atoms with E-state index in [0.29, 0.717) is 17.9 Å². The first-order valence-corrected chi connectivity index (χ1v) is 7.04. The summed E-state index contributed by atoms with van der Waals surface area (Å²) in [4.78, 5) is 26.0. The molecule has 0 atom stereocenters. The molecule has 0 aliphatic carbocycles. The first kappa shape index (κ1) is 16.1. The molecule has 0 saturated carbocycles. The van der Waals surface area contributed by atoms with Crippen molar-refractivity contribution in [3.63, 3.8) is 0 Å². The lowest BCUT2D eigenvalue weighted by Gasteiger charge is -2.05. The number of esters is 1. The Bertz CT molecular complexity index is 403. The maximum atomic E-state index is 11.7. The van der Waals surface area contributed by atoms with Gasteiger partial charge in [-0.1, -0.05) is 39.0 Å². The fourth-order valence-corrected chi connectivity index (χ4v) is 1.83. The van der Waals surface area contributed by atoms with Gasteiger partial charge in [0.05, 0.1) is 12.2 Å². The Labute approximate surface area is 119 Å². The van der Waals surface area contributed by atoms with Crippen LogP contribution in [0.3, 0.4) is 0 Å². The molecule has 20 heavy (non-hydrogen) atoms. The minimum absolute atomic E-state index is 0.299. The summed E-state index contributed by atoms with van der Waals surface area (Å²) in [7, 11) is 0. The standard InChI is InChI=1S/C15H21NO4/c1-2-3-4-5-6-7-12-19-15(17)13-8-10-14(11-9-13)20-16-18/h8-11H,2-7,12H2,1H3. The highest BCUT2D eigenvalue weighted by atomic mass is 16.7. The fourth-order valence-electron chi connectivity index (χ4n) is 1.83. The van der Waals surface area contributed by atoms with Crippen molar-refractivity contribution < 1.29 is 14.4 Å². The Morgan fingerprint density at radius 3 is 2.35 bits per heavy atom. The second kappa shape index (κ2) is 9.95. The van der Waals surface area contributed by atoms with Crippen molar-refractivity contribution in [3.05, 3.63) is 34.7 Å². The molecule has 1 aromatic rings. The molecule has 0 bridgehead atoms. The van der Waals surface area contributed by atoms with Crippen LogP contribution in [0.5, 0.6) is 5.75 Å². The van der Waals surface area contributed by atoms with Crippen LogP contribution >= 0.6 is 0 Å². The van der Waals surface area contributed by atoms with E-state index in [0.717, 1.165) is 12.8 Å². The molecule has 0 heterocycles. The molecule has 110 valence electrons. The number of unbranched alkanes of at least 4 members (excludes halogenated alkanes) is 5. The van der Waals surface area contributed by atoms with E-state index in [-0.39, 0.29) is 5.97 Å². The van der Waals surface area contributed by atoms with Gasteiger partial charge in [-0.05, 0) is 30.7 Å². The molecule has 0 fully saturated rings. The number of rotatable bonds is 10. The van der Waals surface area contributed by atoms with Gasteiger partial charge in [0.25, 0.3) is 0 Å². The molecule has 5 heteroatoms. The van der Waals surface area contributed by atoms with Crippen LogP contribution < -0.4 is 4.84 Å². The van der Waals surface area contributed by atoms with E-state index in [1.807, 2.05) is 0 Å². The lowest BCUT2D eigenvalue weighted by Crippen LogP contribution is -2.06. The number of carbonyl (C=O) groups is 1. The van der Waals surface area contributed by atoms with Crippen molar-refractivity contribution in [1.29, 1.82) is 0 Å². The highest BCUT2D eigenvalue weighted by Gasteiger charge is 2.07. The number of nitrogens with zero attached hydrogens (tertiary/aromatic N) is 1. The van der Waals surface area contributed by atoms with Gasteiger partial charge in [-0.25, -0.2) is 4.79 Å². The average Bonchev–Trinajstić information content (AvgIpc) is 2.47. The molecule has 0 saturated heterocycles. The van der Waals surface area contributed by atoms with E-state index in [1.165, 1.54) is 37.8 Å². The normalized spacial score (nSPS) is 10.1. The fraction of sp³-hybridized carbons (Fsp3) is 0.533. The summed E-state index contributed by atoms with van der Waals surface area (Å²) in [5, 5.41) is 2.31. The monoisotopic (exact) mass is 279 g/mol. The van der Waals surface area contributed by atoms with Crippen LogP contribution in [0.25, 0.3) is 0 Å². The summed E-state index contributed by atoms with van der Waals surface area (Å²) in [5.41, 5.74) is 0.439. The predicted octanol–water partition coefficient (Wildman–Crippen LogP) is 4.26. The molecule has 0 aliphatic rings. The van der Waals surface area contributed by atoms with Gasteiger partial charge < -0.3 is 9.57 Å². The zero-order valence-electron chi connectivity index (χ0n) is 11.8. The molecule has 0 N–H and O–H groups in total. The SMILES string of the molecule is CCCCCCCCOC(=O)c1ccc(ON=O)cc1. The van der Waals surface area contributed by atoms with Crippen LogP contribution in [0.15, 0.2) is 29.6 Å². The molecular formula is C15H21NO4. The number of hydrogen-bond acceptors (Lipinski definition) is 5. The average molecular weight is 279 g/mol. The van der Waals surface area contributed by atoms with Gasteiger partial charge in [0.2, 0.25) is 0 Å². The van der Waals surface area contributed by atoms with Crippen molar-refractivity contribution in [3.8, 4) is 5.75 Å². The minimum Gasteiger partial charge on any atom is -0.462 e. The smallest absolute Gasteiger partial charge is 0.338 e. The Morgan fingerprint density at radius 1 is 1.05 bits per heavy atom. The van der Waals surface area contributed by atoms with Gasteiger partial charge in [-0.3, -0.25) is 0 Å². The summed E-state index contributed by atoms with van der Waals surface area (Å²) in [6.07, 6.45) is 6.92. The zero-order chi connectivity index (χ0) is 14.6. The van der Waals surface area contributed by atoms with Gasteiger partial charge in [0, 0.05) is 0 Å². The summed E-state index contributed by atoms with van der Waals surface area (Å²) in [5.74, 6) is -0.0587. The van der Waals surface area contributed by atoms with E-state index in [1.54, 1.807) is 12.1 Å². The van der Waals surface area contributed by atoms with Gasteiger partial charge in [0.15, 0.2) is 11.1 Å². The molecule has 1 rings (SSSR count). The first-order chi connectivity index (χ1) is 9.77. The van der Waals surface area contributed by atoms with E-state index < -0.39 is 0 Å². The van der Waals surface area contributed by atoms with Crippen molar-refractivity contribution in [2.24, 2.45) is 5.34 Å². The van der Waals surface area contributed by atoms with Crippen molar-refractivity contribution in [2.75, 3.05) is 6.61 Å². The van der Waals surface area contributed by atoms with Gasteiger partial charge >= 0.3 is 5.97 Å². The molecule has 0 unspecified atom stereocenters. The summed E-state index contributed by atoms with van der Waals surface area (Å²) >= 11 is 0. The van der Waals surface area contributed by atoms with E-state index in [2.05, 4.69) is 17.1 Å². The van der Waals surface area contributed by atoms with Crippen molar-refractivity contribution in [1.82, 2.24) is 0 Å². The third kappa shape index (κ3) is 6.31. The molecule has 0 spiro atoms. The lowest BCUT2D eigenvalue weighted by molar-refractivity contribution is 0.0497. The largest absolute Gasteiger partial charge is 0.462 e. The summed E-state index contributed by atoms with van der Waals surface area (Å²) in [6.45, 7) is 2.63. The van der Waals surface area contributed by atoms with E-state index >= 15 is 0 Å². The second-order valence-electron chi connectivity index (χ2n) is 4.59. The number of benzene rings is 1. The maximum Gasteiger partial charge on any atom is 0.338 e. The third-order valence-corrected chi connectivity index (χ3v) is 2.96. The van der Waals surface area contributed by atoms with Crippen molar-refractivity contribution in [2.45, 2.75) is 45.4 Å². The molecule has 0 radical (unpaired) electrons. The van der Waals surface area contributed by atoms with Gasteiger partial charge in [0.1, 0.15) is 0 Å². The van der Waals surface area contributed by atoms with Crippen LogP contribution in [0.2, 0.25) is 0 Å². The highest BCUT2D eigenvalue weighted by Crippen LogP contribution is 2.13. The summed E-state index contributed by atoms with van der Waals surface area (Å²) < 4.78 is 5.17. The Balaban J connectivity index is 2.20. The van der Waals surface area contributed by atoms with Crippen LogP contribution in [0.1, 0.15) is 55.8 Å². The third-order valence-electron chi connectivity index (χ3n) is 2.96. The molecule has 0 aliphatic heterocycles. The second-order valence-corrected chi connectivity index (χ2v) is 4.59. The van der Waals surface area contributed by atoms with Gasteiger partial charge in [-0.2, -0.15) is 0 Å². The Morgan fingerprint density at radius 2 is 1.70 bits per heavy atom. The molecule has 0 amide bonds. The Kier molecular flexibility index (Phi) is 8.03.